The van der Waals surface area contributed by atoms with Crippen LogP contribution in [0.5, 0.6) is 11.5 Å². The topological polar surface area (TPSA) is 47.9 Å². The van der Waals surface area contributed by atoms with Gasteiger partial charge in [-0.2, -0.15) is 0 Å². The van der Waals surface area contributed by atoms with Gasteiger partial charge in [0, 0.05) is 26.1 Å². The normalized spacial score (nSPS) is 18.8. The summed E-state index contributed by atoms with van der Waals surface area (Å²) >= 11 is 0. The summed E-state index contributed by atoms with van der Waals surface area (Å²) in [6, 6.07) is 5.54. The number of hydrogen-bond donors (Lipinski definition) is 1. The van der Waals surface area contributed by atoms with E-state index in [2.05, 4.69) is 0 Å². The third-order valence-electron chi connectivity index (χ3n) is 3.24. The molecule has 0 radical (unpaired) electrons. The molecular weight excluding hydrogens is 220 g/mol. The fourth-order valence-electron chi connectivity index (χ4n) is 2.12. The minimum absolute atomic E-state index is 0.588. The number of hydrogen-bond acceptors (Lipinski definition) is 4. The Hall–Kier alpha value is -1.26. The molecule has 0 atom stereocenters. The number of aliphatic hydroxyl groups is 1. The van der Waals surface area contributed by atoms with Gasteiger partial charge in [0.05, 0.1) is 19.8 Å². The van der Waals surface area contributed by atoms with E-state index in [-0.39, 0.29) is 0 Å². The molecule has 1 heterocycles. The Morgan fingerprint density at radius 3 is 2.35 bits per heavy atom. The van der Waals surface area contributed by atoms with Crippen LogP contribution in [0.15, 0.2) is 18.2 Å². The lowest BCUT2D eigenvalue weighted by molar-refractivity contribution is -0.0680. The summed E-state index contributed by atoms with van der Waals surface area (Å²) in [5.74, 6) is 1.32. The molecule has 0 unspecified atom stereocenters. The third-order valence-corrected chi connectivity index (χ3v) is 3.24. The average Bonchev–Trinajstić information content (AvgIpc) is 2.38. The van der Waals surface area contributed by atoms with Gasteiger partial charge in [0.15, 0.2) is 11.5 Å². The summed E-state index contributed by atoms with van der Waals surface area (Å²) in [5, 5.41) is 10.5. The first kappa shape index (κ1) is 12.2. The second-order valence-electron chi connectivity index (χ2n) is 4.21. The van der Waals surface area contributed by atoms with Crippen LogP contribution in [0.3, 0.4) is 0 Å². The second-order valence-corrected chi connectivity index (χ2v) is 4.21. The molecule has 17 heavy (non-hydrogen) atoms. The zero-order valence-corrected chi connectivity index (χ0v) is 10.2. The van der Waals surface area contributed by atoms with E-state index in [1.807, 2.05) is 18.2 Å². The van der Waals surface area contributed by atoms with E-state index in [9.17, 15) is 5.11 Å². The van der Waals surface area contributed by atoms with Gasteiger partial charge in [-0.3, -0.25) is 0 Å². The summed E-state index contributed by atoms with van der Waals surface area (Å²) in [6.45, 7) is 1.18. The Labute approximate surface area is 101 Å². The minimum Gasteiger partial charge on any atom is -0.493 e. The molecule has 0 aromatic heterocycles. The number of methoxy groups -OCH3 is 2. The standard InChI is InChI=1S/C13H18O4/c1-15-11-4-3-10(9-12(11)16-2)13(14)5-7-17-8-6-13/h3-4,9,14H,5-8H2,1-2H3. The largest absolute Gasteiger partial charge is 0.493 e. The maximum Gasteiger partial charge on any atom is 0.161 e. The van der Waals surface area contributed by atoms with Crippen molar-refractivity contribution in [1.29, 1.82) is 0 Å². The first-order valence-electron chi connectivity index (χ1n) is 5.72. The number of ether oxygens (including phenoxy) is 3. The molecule has 1 saturated heterocycles. The zero-order valence-electron chi connectivity index (χ0n) is 10.2. The average molecular weight is 238 g/mol. The summed E-state index contributed by atoms with van der Waals surface area (Å²) < 4.78 is 15.7. The van der Waals surface area contributed by atoms with Crippen LogP contribution in [0, 0.1) is 0 Å². The first-order valence-corrected chi connectivity index (χ1v) is 5.72. The highest BCUT2D eigenvalue weighted by Gasteiger charge is 2.32. The molecule has 1 aromatic rings. The van der Waals surface area contributed by atoms with Gasteiger partial charge in [-0.05, 0) is 17.7 Å². The Kier molecular flexibility index (Phi) is 3.54. The van der Waals surface area contributed by atoms with E-state index >= 15 is 0 Å². The van der Waals surface area contributed by atoms with Crippen LogP contribution in [0.2, 0.25) is 0 Å². The van der Waals surface area contributed by atoms with Crippen molar-refractivity contribution >= 4 is 0 Å². The van der Waals surface area contributed by atoms with E-state index in [1.165, 1.54) is 0 Å². The lowest BCUT2D eigenvalue weighted by Crippen LogP contribution is -2.33. The smallest absolute Gasteiger partial charge is 0.161 e. The number of benzene rings is 1. The quantitative estimate of drug-likeness (QED) is 0.870. The van der Waals surface area contributed by atoms with Gasteiger partial charge in [0.1, 0.15) is 0 Å². The molecule has 0 aliphatic carbocycles. The predicted octanol–water partition coefficient (Wildman–Crippen LogP) is 1.70. The lowest BCUT2D eigenvalue weighted by Gasteiger charge is -2.32. The van der Waals surface area contributed by atoms with Crippen LogP contribution in [0.1, 0.15) is 18.4 Å². The molecule has 0 amide bonds. The van der Waals surface area contributed by atoms with Crippen molar-refractivity contribution in [1.82, 2.24) is 0 Å². The fraction of sp³-hybridized carbons (Fsp3) is 0.538. The molecule has 4 nitrogen and oxygen atoms in total. The lowest BCUT2D eigenvalue weighted by atomic mass is 9.86. The van der Waals surface area contributed by atoms with Crippen LogP contribution >= 0.6 is 0 Å². The van der Waals surface area contributed by atoms with Crippen LogP contribution in [-0.4, -0.2) is 32.5 Å². The Balaban J connectivity index is 2.32. The SMILES string of the molecule is COc1ccc(C2(O)CCOCC2)cc1OC. The van der Waals surface area contributed by atoms with Crippen molar-refractivity contribution in [3.63, 3.8) is 0 Å². The van der Waals surface area contributed by atoms with Crippen LogP contribution in [-0.2, 0) is 10.3 Å². The molecule has 94 valence electrons. The zero-order chi connectivity index (χ0) is 12.3. The fourth-order valence-corrected chi connectivity index (χ4v) is 2.12. The van der Waals surface area contributed by atoms with Crippen molar-refractivity contribution in [2.75, 3.05) is 27.4 Å². The van der Waals surface area contributed by atoms with Crippen molar-refractivity contribution < 1.29 is 19.3 Å². The van der Waals surface area contributed by atoms with E-state index in [1.54, 1.807) is 14.2 Å². The Morgan fingerprint density at radius 1 is 1.12 bits per heavy atom. The van der Waals surface area contributed by atoms with E-state index in [4.69, 9.17) is 14.2 Å². The van der Waals surface area contributed by atoms with Gasteiger partial charge in [-0.15, -0.1) is 0 Å². The van der Waals surface area contributed by atoms with E-state index in [0.717, 1.165) is 5.56 Å². The van der Waals surface area contributed by atoms with Crippen LogP contribution < -0.4 is 9.47 Å². The molecule has 1 aliphatic rings. The number of rotatable bonds is 3. The van der Waals surface area contributed by atoms with Crippen molar-refractivity contribution in [2.24, 2.45) is 0 Å². The summed E-state index contributed by atoms with van der Waals surface area (Å²) in [5.41, 5.74) is 0.0519. The summed E-state index contributed by atoms with van der Waals surface area (Å²) in [4.78, 5) is 0. The monoisotopic (exact) mass is 238 g/mol. The summed E-state index contributed by atoms with van der Waals surface area (Å²) in [7, 11) is 3.19. The highest BCUT2D eigenvalue weighted by Crippen LogP contribution is 2.37. The molecule has 0 spiro atoms. The van der Waals surface area contributed by atoms with Gasteiger partial charge < -0.3 is 19.3 Å². The molecule has 1 aromatic carbocycles. The van der Waals surface area contributed by atoms with Gasteiger partial charge in [0.25, 0.3) is 0 Å². The molecule has 4 heteroatoms. The molecule has 2 rings (SSSR count). The Morgan fingerprint density at radius 2 is 1.76 bits per heavy atom. The van der Waals surface area contributed by atoms with Crippen molar-refractivity contribution in [2.45, 2.75) is 18.4 Å². The second kappa shape index (κ2) is 4.94. The molecule has 1 fully saturated rings. The van der Waals surface area contributed by atoms with Gasteiger partial charge in [0.2, 0.25) is 0 Å². The van der Waals surface area contributed by atoms with Gasteiger partial charge in [-0.25, -0.2) is 0 Å². The highest BCUT2D eigenvalue weighted by molar-refractivity contribution is 5.44. The maximum atomic E-state index is 10.5. The van der Waals surface area contributed by atoms with E-state index in [0.29, 0.717) is 37.6 Å². The highest BCUT2D eigenvalue weighted by atomic mass is 16.5. The minimum atomic E-state index is -0.808. The van der Waals surface area contributed by atoms with Crippen LogP contribution in [0.25, 0.3) is 0 Å². The molecule has 1 aliphatic heterocycles. The Bertz CT molecular complexity index is 383. The molecular formula is C13H18O4. The molecule has 0 saturated carbocycles. The molecule has 0 bridgehead atoms. The van der Waals surface area contributed by atoms with Crippen LogP contribution in [0.4, 0.5) is 0 Å². The third kappa shape index (κ3) is 2.37. The predicted molar refractivity (Wildman–Crippen MR) is 63.5 cm³/mol. The molecule has 1 N–H and O–H groups in total. The van der Waals surface area contributed by atoms with Gasteiger partial charge in [-0.1, -0.05) is 6.07 Å². The first-order chi connectivity index (χ1) is 8.19. The summed E-state index contributed by atoms with van der Waals surface area (Å²) in [6.07, 6.45) is 1.23. The van der Waals surface area contributed by atoms with Gasteiger partial charge >= 0.3 is 0 Å². The van der Waals surface area contributed by atoms with Crippen molar-refractivity contribution in [3.8, 4) is 11.5 Å². The maximum absolute atomic E-state index is 10.5. The van der Waals surface area contributed by atoms with Crippen molar-refractivity contribution in [3.05, 3.63) is 23.8 Å². The van der Waals surface area contributed by atoms with E-state index < -0.39 is 5.60 Å².